The molecule has 248 valence electrons. The van der Waals surface area contributed by atoms with Crippen molar-refractivity contribution in [2.45, 2.75) is 39.1 Å². The van der Waals surface area contributed by atoms with Gasteiger partial charge in [-0.15, -0.1) is 0 Å². The Bertz CT molecular complexity index is 1500. The molecule has 0 fully saturated rings. The number of hydrogen-bond donors (Lipinski definition) is 6. The lowest BCUT2D eigenvalue weighted by Gasteiger charge is -2.22. The molecule has 0 bridgehead atoms. The molecule has 46 heavy (non-hydrogen) atoms. The van der Waals surface area contributed by atoms with Gasteiger partial charge in [-0.3, -0.25) is 25.8 Å². The van der Waals surface area contributed by atoms with E-state index in [1.54, 1.807) is 54.6 Å². The van der Waals surface area contributed by atoms with Crippen molar-refractivity contribution in [3.05, 3.63) is 77.5 Å². The van der Waals surface area contributed by atoms with Gasteiger partial charge in [-0.1, -0.05) is 6.07 Å². The van der Waals surface area contributed by atoms with Crippen LogP contribution in [0.25, 0.3) is 0 Å². The lowest BCUT2D eigenvalue weighted by molar-refractivity contribution is -0.192. The first-order chi connectivity index (χ1) is 21.5. The van der Waals surface area contributed by atoms with E-state index in [9.17, 15) is 22.8 Å². The summed E-state index contributed by atoms with van der Waals surface area (Å²) in [6.45, 7) is 6.10. The fourth-order valence-electron chi connectivity index (χ4n) is 3.58. The molecule has 0 aliphatic heterocycles. The number of carboxylic acids is 1. The van der Waals surface area contributed by atoms with Gasteiger partial charge in [0.2, 0.25) is 0 Å². The zero-order chi connectivity index (χ0) is 34.6. The number of amides is 2. The van der Waals surface area contributed by atoms with Crippen molar-refractivity contribution in [1.82, 2.24) is 15.8 Å². The molecule has 0 aliphatic rings. The van der Waals surface area contributed by atoms with Crippen LogP contribution in [-0.4, -0.2) is 66.7 Å². The van der Waals surface area contributed by atoms with E-state index in [-0.39, 0.29) is 11.9 Å². The first-order valence-electron chi connectivity index (χ1n) is 13.7. The number of aromatic nitrogens is 1. The number of halogens is 3. The maximum atomic E-state index is 13.4. The number of aliphatic carboxylic acids is 1. The SMILES string of the molecule is CCOc1cc(C(Nc2ccc(C(=N)N)cc2)C(=O)NNC(=O)c2ccc(N(C)C)nc2)ccc1OC(C)C.O=C(O)C(F)(F)F. The molecule has 7 N–H and O–H groups in total. The summed E-state index contributed by atoms with van der Waals surface area (Å²) in [6.07, 6.45) is -3.71. The molecular weight excluding hydrogens is 611 g/mol. The number of hydrazine groups is 1. The van der Waals surface area contributed by atoms with E-state index in [1.807, 2.05) is 39.8 Å². The molecule has 0 spiro atoms. The van der Waals surface area contributed by atoms with Gasteiger partial charge in [-0.05, 0) is 74.9 Å². The summed E-state index contributed by atoms with van der Waals surface area (Å²) in [5.74, 6) is -2.10. The minimum atomic E-state index is -5.08. The lowest BCUT2D eigenvalue weighted by atomic mass is 10.0. The Labute approximate surface area is 263 Å². The van der Waals surface area contributed by atoms with Gasteiger partial charge in [0.25, 0.3) is 11.8 Å². The number of nitrogens with two attached hydrogens (primary N) is 1. The quantitative estimate of drug-likeness (QED) is 0.101. The lowest BCUT2D eigenvalue weighted by Crippen LogP contribution is -2.45. The second-order valence-corrected chi connectivity index (χ2v) is 9.92. The van der Waals surface area contributed by atoms with Crippen molar-refractivity contribution >= 4 is 35.1 Å². The molecule has 1 heterocycles. The van der Waals surface area contributed by atoms with Crippen LogP contribution in [0.3, 0.4) is 0 Å². The van der Waals surface area contributed by atoms with E-state index in [4.69, 9.17) is 30.5 Å². The zero-order valence-corrected chi connectivity index (χ0v) is 25.7. The fourth-order valence-corrected chi connectivity index (χ4v) is 3.58. The van der Waals surface area contributed by atoms with Gasteiger partial charge < -0.3 is 30.5 Å². The maximum Gasteiger partial charge on any atom is 0.490 e. The Hall–Kier alpha value is -5.54. The summed E-state index contributed by atoms with van der Waals surface area (Å²) in [5.41, 5.74) is 12.5. The van der Waals surface area contributed by atoms with Crippen LogP contribution in [0.5, 0.6) is 11.5 Å². The van der Waals surface area contributed by atoms with Gasteiger partial charge in [0, 0.05) is 31.5 Å². The van der Waals surface area contributed by atoms with Gasteiger partial charge in [-0.2, -0.15) is 13.2 Å². The van der Waals surface area contributed by atoms with Gasteiger partial charge in [0.05, 0.1) is 18.3 Å². The number of ether oxygens (including phenoxy) is 2. The molecular formula is C30H36F3N7O6. The van der Waals surface area contributed by atoms with Crippen molar-refractivity contribution in [2.24, 2.45) is 5.73 Å². The van der Waals surface area contributed by atoms with Gasteiger partial charge in [0.15, 0.2) is 11.5 Å². The molecule has 13 nitrogen and oxygen atoms in total. The zero-order valence-electron chi connectivity index (χ0n) is 25.7. The van der Waals surface area contributed by atoms with Crippen molar-refractivity contribution in [3.63, 3.8) is 0 Å². The second kappa shape index (κ2) is 16.5. The van der Waals surface area contributed by atoms with Crippen LogP contribution in [0.2, 0.25) is 0 Å². The highest BCUT2D eigenvalue weighted by molar-refractivity contribution is 5.97. The average Bonchev–Trinajstić information content (AvgIpc) is 2.99. The standard InChI is InChI=1S/C28H35N7O4.C2HF3O2/c1-6-38-23-15-19(9-13-22(23)39-17(2)3)25(32-21-11-7-18(8-12-21)26(29)30)28(37)34-33-27(36)20-10-14-24(31-16-20)35(4)5;3-2(4,5)1(6)7/h7-17,25,32H,6H2,1-5H3,(H3,29,30)(H,33,36)(H,34,37);(H,6,7). The smallest absolute Gasteiger partial charge is 0.490 e. The monoisotopic (exact) mass is 647 g/mol. The Morgan fingerprint density at radius 3 is 2.09 bits per heavy atom. The number of alkyl halides is 3. The van der Waals surface area contributed by atoms with Crippen molar-refractivity contribution < 1.29 is 42.1 Å². The molecule has 2 aromatic carbocycles. The second-order valence-electron chi connectivity index (χ2n) is 9.92. The number of nitrogen functional groups attached to an aromatic ring is 1. The highest BCUT2D eigenvalue weighted by atomic mass is 19.4. The molecule has 0 saturated carbocycles. The summed E-state index contributed by atoms with van der Waals surface area (Å²) in [4.78, 5) is 41.0. The average molecular weight is 648 g/mol. The predicted molar refractivity (Wildman–Crippen MR) is 165 cm³/mol. The summed E-state index contributed by atoms with van der Waals surface area (Å²) in [5, 5.41) is 17.9. The first kappa shape index (κ1) is 36.7. The van der Waals surface area contributed by atoms with Crippen molar-refractivity contribution in [2.75, 3.05) is 30.9 Å². The molecule has 1 aromatic heterocycles. The minimum absolute atomic E-state index is 0.0613. The van der Waals surface area contributed by atoms with Crippen LogP contribution in [-0.2, 0) is 9.59 Å². The van der Waals surface area contributed by atoms with Crippen LogP contribution in [0.15, 0.2) is 60.8 Å². The number of carboxylic acid groups (broad SMARTS) is 1. The molecule has 3 aromatic rings. The number of nitrogens with zero attached hydrogens (tertiary/aromatic N) is 2. The number of carbonyl (C=O) groups excluding carboxylic acids is 2. The Morgan fingerprint density at radius 1 is 1.00 bits per heavy atom. The molecule has 2 amide bonds. The highest BCUT2D eigenvalue weighted by Gasteiger charge is 2.38. The minimum Gasteiger partial charge on any atom is -0.490 e. The van der Waals surface area contributed by atoms with E-state index < -0.39 is 30.0 Å². The van der Waals surface area contributed by atoms with Crippen LogP contribution >= 0.6 is 0 Å². The number of benzene rings is 2. The molecule has 16 heteroatoms. The summed E-state index contributed by atoms with van der Waals surface area (Å²) in [6, 6.07) is 14.4. The predicted octanol–water partition coefficient (Wildman–Crippen LogP) is 3.87. The normalized spacial score (nSPS) is 11.3. The number of carbonyl (C=O) groups is 3. The van der Waals surface area contributed by atoms with Crippen molar-refractivity contribution in [1.29, 1.82) is 5.41 Å². The third-order valence-corrected chi connectivity index (χ3v) is 5.74. The van der Waals surface area contributed by atoms with Gasteiger partial charge in [-0.25, -0.2) is 9.78 Å². The molecule has 0 radical (unpaired) electrons. The molecule has 0 aliphatic carbocycles. The Kier molecular flexibility index (Phi) is 13.2. The largest absolute Gasteiger partial charge is 0.490 e. The van der Waals surface area contributed by atoms with E-state index in [1.165, 1.54) is 6.20 Å². The topological polar surface area (TPSA) is 192 Å². The summed E-state index contributed by atoms with van der Waals surface area (Å²) < 4.78 is 43.4. The molecule has 3 rings (SSSR count). The number of nitrogens with one attached hydrogen (secondary N) is 4. The third kappa shape index (κ3) is 11.2. The first-order valence-corrected chi connectivity index (χ1v) is 13.7. The third-order valence-electron chi connectivity index (χ3n) is 5.74. The van der Waals surface area contributed by atoms with E-state index >= 15 is 0 Å². The van der Waals surface area contributed by atoms with Crippen LogP contribution < -0.4 is 36.3 Å². The maximum absolute atomic E-state index is 13.4. The van der Waals surface area contributed by atoms with E-state index in [2.05, 4.69) is 21.2 Å². The molecule has 0 saturated heterocycles. The summed E-state index contributed by atoms with van der Waals surface area (Å²) in [7, 11) is 3.70. The highest BCUT2D eigenvalue weighted by Crippen LogP contribution is 2.33. The van der Waals surface area contributed by atoms with Crippen LogP contribution in [0, 0.1) is 5.41 Å². The number of rotatable bonds is 11. The number of amidine groups is 1. The van der Waals surface area contributed by atoms with Crippen LogP contribution in [0.4, 0.5) is 24.7 Å². The number of hydrogen-bond acceptors (Lipinski definition) is 9. The van der Waals surface area contributed by atoms with Crippen LogP contribution in [0.1, 0.15) is 48.3 Å². The molecule has 1 unspecified atom stereocenters. The van der Waals surface area contributed by atoms with Gasteiger partial charge in [0.1, 0.15) is 17.7 Å². The molecule has 1 atom stereocenters. The van der Waals surface area contributed by atoms with E-state index in [0.29, 0.717) is 46.3 Å². The number of pyridine rings is 1. The Balaban J connectivity index is 0.000000942. The number of anilines is 2. The van der Waals surface area contributed by atoms with Gasteiger partial charge >= 0.3 is 12.1 Å². The summed E-state index contributed by atoms with van der Waals surface area (Å²) >= 11 is 0. The van der Waals surface area contributed by atoms with E-state index in [0.717, 1.165) is 0 Å². The fraction of sp³-hybridized carbons (Fsp3) is 0.300. The van der Waals surface area contributed by atoms with Crippen molar-refractivity contribution in [3.8, 4) is 11.5 Å². The Morgan fingerprint density at radius 2 is 1.61 bits per heavy atom.